The van der Waals surface area contributed by atoms with E-state index in [1.54, 1.807) is 11.3 Å². The quantitative estimate of drug-likeness (QED) is 0.913. The minimum Gasteiger partial charge on any atom is -0.393 e. The van der Waals surface area contributed by atoms with Crippen molar-refractivity contribution in [3.63, 3.8) is 0 Å². The van der Waals surface area contributed by atoms with Crippen molar-refractivity contribution in [1.82, 2.24) is 4.98 Å². The number of aromatic nitrogens is 1. The Bertz CT molecular complexity index is 501. The van der Waals surface area contributed by atoms with Crippen molar-refractivity contribution in [1.29, 1.82) is 0 Å². The second-order valence-corrected chi connectivity index (χ2v) is 6.26. The van der Waals surface area contributed by atoms with Crippen LogP contribution in [0.2, 0.25) is 0 Å². The average Bonchev–Trinajstić information content (AvgIpc) is 3.04. The third-order valence-electron chi connectivity index (χ3n) is 3.59. The maximum Gasteiger partial charge on any atom is 0.0964 e. The van der Waals surface area contributed by atoms with Gasteiger partial charge < -0.3 is 9.84 Å². The Hall–Kier alpha value is -0.970. The van der Waals surface area contributed by atoms with Gasteiger partial charge in [-0.05, 0) is 37.8 Å². The topological polar surface area (TPSA) is 42.4 Å². The summed E-state index contributed by atoms with van der Waals surface area (Å²) < 4.78 is 6.78. The van der Waals surface area contributed by atoms with E-state index in [0.717, 1.165) is 36.4 Å². The van der Waals surface area contributed by atoms with Crippen LogP contribution in [0.1, 0.15) is 30.7 Å². The molecule has 1 aromatic carbocycles. The highest BCUT2D eigenvalue weighted by molar-refractivity contribution is 7.18. The Kier molecular flexibility index (Phi) is 4.11. The zero-order valence-electron chi connectivity index (χ0n) is 10.9. The van der Waals surface area contributed by atoms with E-state index in [4.69, 9.17) is 4.74 Å². The van der Waals surface area contributed by atoms with Crippen LogP contribution < -0.4 is 0 Å². The number of benzene rings is 1. The molecule has 19 heavy (non-hydrogen) atoms. The van der Waals surface area contributed by atoms with Crippen LogP contribution in [-0.2, 0) is 11.2 Å². The fourth-order valence-corrected chi connectivity index (χ4v) is 3.60. The first kappa shape index (κ1) is 13.0. The van der Waals surface area contributed by atoms with Crippen LogP contribution >= 0.6 is 11.3 Å². The first-order chi connectivity index (χ1) is 9.31. The predicted molar refractivity (Wildman–Crippen MR) is 77.5 cm³/mol. The van der Waals surface area contributed by atoms with E-state index < -0.39 is 0 Å². The molecule has 0 radical (unpaired) electrons. The van der Waals surface area contributed by atoms with Gasteiger partial charge in [0.15, 0.2) is 0 Å². The lowest BCUT2D eigenvalue weighted by Crippen LogP contribution is -2.14. The molecule has 2 unspecified atom stereocenters. The number of rotatable bonds is 5. The lowest BCUT2D eigenvalue weighted by atomic mass is 10.1. The molecule has 3 nitrogen and oxygen atoms in total. The molecule has 0 saturated carbocycles. The fraction of sp³-hybridized carbons (Fsp3) is 0.533. The minimum absolute atomic E-state index is 0.301. The molecule has 4 heteroatoms. The van der Waals surface area contributed by atoms with Gasteiger partial charge in [0.1, 0.15) is 0 Å². The molecule has 3 rings (SSSR count). The summed E-state index contributed by atoms with van der Waals surface area (Å²) in [4.78, 5) is 4.56. The lowest BCUT2D eigenvalue weighted by Gasteiger charge is -2.12. The summed E-state index contributed by atoms with van der Waals surface area (Å²) in [5, 5.41) is 11.1. The van der Waals surface area contributed by atoms with E-state index in [9.17, 15) is 5.11 Å². The number of nitrogens with zero attached hydrogens (tertiary/aromatic N) is 1. The van der Waals surface area contributed by atoms with E-state index in [-0.39, 0.29) is 6.10 Å². The van der Waals surface area contributed by atoms with Gasteiger partial charge in [-0.25, -0.2) is 4.98 Å². The van der Waals surface area contributed by atoms with Crippen molar-refractivity contribution in [2.45, 2.75) is 44.3 Å². The number of fused-ring (bicyclic) bond motifs is 1. The molecule has 2 atom stereocenters. The second-order valence-electron chi connectivity index (χ2n) is 5.15. The van der Waals surface area contributed by atoms with Gasteiger partial charge in [-0.1, -0.05) is 12.1 Å². The smallest absolute Gasteiger partial charge is 0.0964 e. The zero-order valence-corrected chi connectivity index (χ0v) is 11.7. The highest BCUT2D eigenvalue weighted by atomic mass is 32.1. The fourth-order valence-electron chi connectivity index (χ4n) is 2.56. The summed E-state index contributed by atoms with van der Waals surface area (Å²) in [6.45, 7) is 0.888. The van der Waals surface area contributed by atoms with Gasteiger partial charge in [-0.3, -0.25) is 0 Å². The lowest BCUT2D eigenvalue weighted by molar-refractivity contribution is 0.0813. The van der Waals surface area contributed by atoms with Crippen molar-refractivity contribution < 1.29 is 9.84 Å². The number of hydrogen-bond donors (Lipinski definition) is 1. The first-order valence-electron chi connectivity index (χ1n) is 6.95. The standard InChI is InChI=1S/C15H19NO2S/c17-11(7-8-12-4-3-9-18-12)10-15-16-13-5-1-2-6-14(13)19-15/h1-2,5-6,11-12,17H,3-4,7-10H2. The third-order valence-corrected chi connectivity index (χ3v) is 4.65. The monoisotopic (exact) mass is 277 g/mol. The maximum atomic E-state index is 10.1. The summed E-state index contributed by atoms with van der Waals surface area (Å²) in [7, 11) is 0. The van der Waals surface area contributed by atoms with Crippen molar-refractivity contribution in [3.05, 3.63) is 29.3 Å². The molecule has 0 aliphatic carbocycles. The van der Waals surface area contributed by atoms with Gasteiger partial charge in [0.25, 0.3) is 0 Å². The number of thiazole rings is 1. The van der Waals surface area contributed by atoms with Crippen LogP contribution in [0.3, 0.4) is 0 Å². The molecular weight excluding hydrogens is 258 g/mol. The maximum absolute atomic E-state index is 10.1. The Morgan fingerprint density at radius 2 is 2.32 bits per heavy atom. The molecule has 1 N–H and O–H groups in total. The summed E-state index contributed by atoms with van der Waals surface area (Å²) >= 11 is 1.68. The van der Waals surface area contributed by atoms with E-state index >= 15 is 0 Å². The van der Waals surface area contributed by atoms with Crippen molar-refractivity contribution in [2.24, 2.45) is 0 Å². The molecule has 1 saturated heterocycles. The summed E-state index contributed by atoms with van der Waals surface area (Å²) in [5.74, 6) is 0. The van der Waals surface area contributed by atoms with E-state index in [1.165, 1.54) is 11.1 Å². The number of hydrogen-bond acceptors (Lipinski definition) is 4. The Balaban J connectivity index is 1.54. The third kappa shape index (κ3) is 3.32. The van der Waals surface area contributed by atoms with Crippen LogP contribution in [0, 0.1) is 0 Å². The number of aliphatic hydroxyl groups is 1. The summed E-state index contributed by atoms with van der Waals surface area (Å²) in [6, 6.07) is 8.13. The molecule has 102 valence electrons. The van der Waals surface area contributed by atoms with Crippen molar-refractivity contribution >= 4 is 21.6 Å². The summed E-state index contributed by atoms with van der Waals surface area (Å²) in [5.41, 5.74) is 1.04. The van der Waals surface area contributed by atoms with E-state index in [2.05, 4.69) is 11.1 Å². The van der Waals surface area contributed by atoms with Crippen LogP contribution in [0.4, 0.5) is 0 Å². The second kappa shape index (κ2) is 5.99. The predicted octanol–water partition coefficient (Wildman–Crippen LogP) is 3.16. The Morgan fingerprint density at radius 1 is 1.42 bits per heavy atom. The van der Waals surface area contributed by atoms with Crippen LogP contribution in [0.5, 0.6) is 0 Å². The van der Waals surface area contributed by atoms with Gasteiger partial charge in [-0.15, -0.1) is 11.3 Å². The van der Waals surface area contributed by atoms with E-state index in [0.29, 0.717) is 12.5 Å². The minimum atomic E-state index is -0.301. The van der Waals surface area contributed by atoms with Crippen LogP contribution in [-0.4, -0.2) is 28.9 Å². The van der Waals surface area contributed by atoms with Crippen molar-refractivity contribution in [2.75, 3.05) is 6.61 Å². The highest BCUT2D eigenvalue weighted by Crippen LogP contribution is 2.24. The molecule has 0 bridgehead atoms. The van der Waals surface area contributed by atoms with E-state index in [1.807, 2.05) is 18.2 Å². The molecular formula is C15H19NO2S. The number of aliphatic hydroxyl groups excluding tert-OH is 1. The number of para-hydroxylation sites is 1. The Morgan fingerprint density at radius 3 is 3.11 bits per heavy atom. The number of ether oxygens (including phenoxy) is 1. The van der Waals surface area contributed by atoms with Gasteiger partial charge in [0, 0.05) is 13.0 Å². The SMILES string of the molecule is OC(CCC1CCCO1)Cc1nc2ccccc2s1. The van der Waals surface area contributed by atoms with Crippen LogP contribution in [0.15, 0.2) is 24.3 Å². The van der Waals surface area contributed by atoms with Crippen LogP contribution in [0.25, 0.3) is 10.2 Å². The molecule has 1 aliphatic rings. The molecule has 0 spiro atoms. The van der Waals surface area contributed by atoms with Gasteiger partial charge in [-0.2, -0.15) is 0 Å². The average molecular weight is 277 g/mol. The first-order valence-corrected chi connectivity index (χ1v) is 7.77. The van der Waals surface area contributed by atoms with Crippen molar-refractivity contribution in [3.8, 4) is 0 Å². The van der Waals surface area contributed by atoms with Gasteiger partial charge >= 0.3 is 0 Å². The largest absolute Gasteiger partial charge is 0.393 e. The molecule has 0 amide bonds. The Labute approximate surface area is 117 Å². The molecule has 2 heterocycles. The molecule has 1 fully saturated rings. The molecule has 1 aromatic heterocycles. The highest BCUT2D eigenvalue weighted by Gasteiger charge is 2.17. The van der Waals surface area contributed by atoms with Gasteiger partial charge in [0.05, 0.1) is 27.4 Å². The normalized spacial score (nSPS) is 21.0. The molecule has 1 aliphatic heterocycles. The summed E-state index contributed by atoms with van der Waals surface area (Å²) in [6.07, 6.45) is 4.81. The van der Waals surface area contributed by atoms with Gasteiger partial charge in [0.2, 0.25) is 0 Å². The zero-order chi connectivity index (χ0) is 13.1. The molecule has 2 aromatic rings.